The van der Waals surface area contributed by atoms with Crippen LogP contribution in [0.15, 0.2) is 4.79 Å². The van der Waals surface area contributed by atoms with Gasteiger partial charge in [-0.3, -0.25) is 18.8 Å². The monoisotopic (exact) mass is 405 g/mol. The van der Waals surface area contributed by atoms with Crippen molar-refractivity contribution in [2.75, 3.05) is 33.2 Å². The molecule has 0 radical (unpaired) electrons. The largest absolute Gasteiger partial charge is 0.492 e. The summed E-state index contributed by atoms with van der Waals surface area (Å²) in [6.07, 6.45) is 3.43. The number of thiazole rings is 1. The maximum atomic E-state index is 12.8. The summed E-state index contributed by atoms with van der Waals surface area (Å²) in [4.78, 5) is 46.7. The molecule has 10 heteroatoms. The van der Waals surface area contributed by atoms with E-state index in [0.717, 1.165) is 30.2 Å². The number of aromatic hydroxyl groups is 1. The van der Waals surface area contributed by atoms with Crippen LogP contribution in [-0.2, 0) is 17.8 Å². The zero-order valence-electron chi connectivity index (χ0n) is 15.7. The highest BCUT2D eigenvalue weighted by Crippen LogP contribution is 2.28. The lowest BCUT2D eigenvalue weighted by Crippen LogP contribution is -2.38. The molecule has 2 N–H and O–H groups in total. The molecule has 2 aliphatic heterocycles. The average Bonchev–Trinajstić information content (AvgIpc) is 3.32. The van der Waals surface area contributed by atoms with Crippen molar-refractivity contribution in [3.05, 3.63) is 26.5 Å². The van der Waals surface area contributed by atoms with Gasteiger partial charge >= 0.3 is 0 Å². The summed E-state index contributed by atoms with van der Waals surface area (Å²) >= 11 is 1.28. The summed E-state index contributed by atoms with van der Waals surface area (Å²) in [5, 5.41) is 12.4. The first kappa shape index (κ1) is 18.9. The third kappa shape index (κ3) is 3.26. The molecule has 9 nitrogen and oxygen atoms in total. The van der Waals surface area contributed by atoms with Crippen LogP contribution >= 0.6 is 11.3 Å². The van der Waals surface area contributed by atoms with Gasteiger partial charge in [-0.25, -0.2) is 0 Å². The number of rotatable bonds is 4. The van der Waals surface area contributed by atoms with Crippen LogP contribution < -0.4 is 10.9 Å². The Hall–Kier alpha value is -2.46. The van der Waals surface area contributed by atoms with E-state index in [1.807, 2.05) is 4.90 Å². The van der Waals surface area contributed by atoms with Crippen LogP contribution in [0.4, 0.5) is 0 Å². The second-order valence-corrected chi connectivity index (χ2v) is 8.21. The van der Waals surface area contributed by atoms with E-state index in [9.17, 15) is 19.5 Å². The molecule has 0 unspecified atom stereocenters. The van der Waals surface area contributed by atoms with Crippen LogP contribution in [0.5, 0.6) is 5.88 Å². The van der Waals surface area contributed by atoms with Crippen molar-refractivity contribution >= 4 is 28.1 Å². The Morgan fingerprint density at radius 3 is 2.71 bits per heavy atom. The summed E-state index contributed by atoms with van der Waals surface area (Å²) in [5.74, 6) is -1.12. The number of amides is 2. The first-order valence-corrected chi connectivity index (χ1v) is 10.3. The molecule has 28 heavy (non-hydrogen) atoms. The molecule has 1 fully saturated rings. The zero-order chi connectivity index (χ0) is 19.8. The van der Waals surface area contributed by atoms with Crippen molar-refractivity contribution in [2.24, 2.45) is 0 Å². The Balaban J connectivity index is 1.57. The van der Waals surface area contributed by atoms with Gasteiger partial charge in [-0.05, 0) is 25.9 Å². The molecule has 0 atom stereocenters. The molecule has 0 bridgehead atoms. The van der Waals surface area contributed by atoms with Crippen molar-refractivity contribution in [3.63, 3.8) is 0 Å². The molecular weight excluding hydrogens is 382 g/mol. The number of hydrogen-bond acceptors (Lipinski definition) is 7. The van der Waals surface area contributed by atoms with Crippen LogP contribution in [0.1, 0.15) is 40.2 Å². The van der Waals surface area contributed by atoms with E-state index in [-0.39, 0.29) is 11.5 Å². The minimum absolute atomic E-state index is 0.115. The maximum Gasteiger partial charge on any atom is 0.275 e. The number of carbonyl (C=O) groups is 2. The lowest BCUT2D eigenvalue weighted by molar-refractivity contribution is -0.132. The molecule has 2 aliphatic rings. The van der Waals surface area contributed by atoms with Gasteiger partial charge in [-0.2, -0.15) is 4.98 Å². The minimum Gasteiger partial charge on any atom is -0.492 e. The van der Waals surface area contributed by atoms with Gasteiger partial charge < -0.3 is 20.2 Å². The number of nitrogens with zero attached hydrogens (tertiary/aromatic N) is 4. The number of fused-ring (bicyclic) bond motifs is 3. The standard InChI is InChI=1S/C18H23N5O4S/c1-19-15(25)14-16(26)20-18-23(17(14)27)11-4-9-22(10-12(11)28-18)13(24)5-8-21-6-2-3-7-21/h26H,2-10H2,1H3,(H,19,25). The van der Waals surface area contributed by atoms with Crippen molar-refractivity contribution in [1.82, 2.24) is 24.5 Å². The molecule has 4 heterocycles. The maximum absolute atomic E-state index is 12.8. The van der Waals surface area contributed by atoms with Crippen molar-refractivity contribution in [2.45, 2.75) is 32.2 Å². The molecule has 0 saturated carbocycles. The van der Waals surface area contributed by atoms with Crippen LogP contribution in [-0.4, -0.2) is 69.3 Å². The number of nitrogens with one attached hydrogen (secondary N) is 1. The molecule has 2 aromatic rings. The third-order valence-electron chi connectivity index (χ3n) is 5.44. The van der Waals surface area contributed by atoms with Crippen LogP contribution in [0.3, 0.4) is 0 Å². The van der Waals surface area contributed by atoms with E-state index in [4.69, 9.17) is 0 Å². The van der Waals surface area contributed by atoms with Gasteiger partial charge in [0.15, 0.2) is 5.56 Å². The summed E-state index contributed by atoms with van der Waals surface area (Å²) in [6.45, 7) is 3.88. The van der Waals surface area contributed by atoms with Crippen molar-refractivity contribution < 1.29 is 14.7 Å². The molecule has 0 aromatic carbocycles. The summed E-state index contributed by atoms with van der Waals surface area (Å²) in [7, 11) is 1.39. The van der Waals surface area contributed by atoms with E-state index in [1.165, 1.54) is 35.6 Å². The Kier molecular flexibility index (Phi) is 5.07. The van der Waals surface area contributed by atoms with Crippen molar-refractivity contribution in [3.8, 4) is 5.88 Å². The lowest BCUT2D eigenvalue weighted by Gasteiger charge is -2.27. The van der Waals surface area contributed by atoms with Gasteiger partial charge in [0, 0.05) is 43.5 Å². The molecule has 1 saturated heterocycles. The molecule has 2 amide bonds. The van der Waals surface area contributed by atoms with Crippen LogP contribution in [0.2, 0.25) is 0 Å². The van der Waals surface area contributed by atoms with Gasteiger partial charge in [-0.1, -0.05) is 11.3 Å². The summed E-state index contributed by atoms with van der Waals surface area (Å²) in [5.41, 5.74) is -0.163. The number of likely N-dealkylation sites (tertiary alicyclic amines) is 1. The Bertz CT molecular complexity index is 992. The molecule has 150 valence electrons. The lowest BCUT2D eigenvalue weighted by atomic mass is 10.1. The predicted molar refractivity (Wildman–Crippen MR) is 104 cm³/mol. The number of aromatic nitrogens is 2. The third-order valence-corrected chi connectivity index (χ3v) is 6.51. The fourth-order valence-corrected chi connectivity index (χ4v) is 5.08. The first-order valence-electron chi connectivity index (χ1n) is 9.48. The number of hydrogen-bond donors (Lipinski definition) is 2. The highest BCUT2D eigenvalue weighted by Gasteiger charge is 2.28. The molecular formula is C18H23N5O4S. The van der Waals surface area contributed by atoms with Gasteiger partial charge in [0.2, 0.25) is 16.7 Å². The average molecular weight is 405 g/mol. The fourth-order valence-electron chi connectivity index (χ4n) is 3.91. The second kappa shape index (κ2) is 7.51. The van der Waals surface area contributed by atoms with Gasteiger partial charge in [-0.15, -0.1) is 0 Å². The molecule has 0 spiro atoms. The van der Waals surface area contributed by atoms with Gasteiger partial charge in [0.1, 0.15) is 0 Å². The van der Waals surface area contributed by atoms with Crippen LogP contribution in [0, 0.1) is 0 Å². The Labute approximate surface area is 165 Å². The molecule has 4 rings (SSSR count). The normalized spacial score (nSPS) is 17.1. The highest BCUT2D eigenvalue weighted by molar-refractivity contribution is 7.17. The van der Waals surface area contributed by atoms with E-state index in [1.54, 1.807) is 0 Å². The minimum atomic E-state index is -0.668. The Morgan fingerprint density at radius 1 is 1.25 bits per heavy atom. The SMILES string of the molecule is CNC(=O)c1c(O)nc2sc3c(n2c1=O)CCN(C(=O)CCN1CCCC1)C3. The van der Waals surface area contributed by atoms with E-state index in [2.05, 4.69) is 15.2 Å². The van der Waals surface area contributed by atoms with Crippen molar-refractivity contribution in [1.29, 1.82) is 0 Å². The van der Waals surface area contributed by atoms with Gasteiger partial charge in [0.05, 0.1) is 6.54 Å². The van der Waals surface area contributed by atoms with E-state index >= 15 is 0 Å². The van der Waals surface area contributed by atoms with E-state index < -0.39 is 17.3 Å². The van der Waals surface area contributed by atoms with E-state index in [0.29, 0.717) is 30.9 Å². The number of carbonyl (C=O) groups excluding carboxylic acids is 2. The molecule has 2 aromatic heterocycles. The van der Waals surface area contributed by atoms with Gasteiger partial charge in [0.25, 0.3) is 11.5 Å². The highest BCUT2D eigenvalue weighted by atomic mass is 32.1. The quantitative estimate of drug-likeness (QED) is 0.752. The second-order valence-electron chi connectivity index (χ2n) is 7.15. The first-order chi connectivity index (χ1) is 13.5. The smallest absolute Gasteiger partial charge is 0.275 e. The summed E-state index contributed by atoms with van der Waals surface area (Å²) < 4.78 is 1.40. The summed E-state index contributed by atoms with van der Waals surface area (Å²) in [6, 6.07) is 0. The zero-order valence-corrected chi connectivity index (χ0v) is 16.5. The Morgan fingerprint density at radius 2 is 2.00 bits per heavy atom. The topological polar surface area (TPSA) is 107 Å². The van der Waals surface area contributed by atoms with Crippen LogP contribution in [0.25, 0.3) is 4.96 Å². The predicted octanol–water partition coefficient (Wildman–Crippen LogP) is 0.192. The fraction of sp³-hybridized carbons (Fsp3) is 0.556. The molecule has 0 aliphatic carbocycles.